The third-order valence-electron chi connectivity index (χ3n) is 3.02. The molecule has 106 valence electrons. The quantitative estimate of drug-likeness (QED) is 0.838. The lowest BCUT2D eigenvalue weighted by atomic mass is 10.2. The van der Waals surface area contributed by atoms with Gasteiger partial charge in [-0.1, -0.05) is 30.7 Å². The van der Waals surface area contributed by atoms with E-state index in [0.29, 0.717) is 10.6 Å². The number of amides is 1. The second-order valence-corrected chi connectivity index (χ2v) is 7.25. The highest BCUT2D eigenvalue weighted by atomic mass is 35.5. The third kappa shape index (κ3) is 4.21. The van der Waals surface area contributed by atoms with Crippen LogP contribution in [0.4, 0.5) is 0 Å². The predicted molar refractivity (Wildman–Crippen MR) is 77.3 cm³/mol. The molecule has 0 N–H and O–H groups in total. The summed E-state index contributed by atoms with van der Waals surface area (Å²) < 4.78 is 23.2. The molecule has 19 heavy (non-hydrogen) atoms. The standard InChI is InChI=1S/C13H18ClNO3S/c1-4-19(17,18)9-10(2)15(3)13(16)11-7-5-6-8-12(11)14/h5-8,10H,4,9H2,1-3H3/t10-/m0/s1. The first-order valence-corrected chi connectivity index (χ1v) is 8.20. The zero-order chi connectivity index (χ0) is 14.6. The van der Waals surface area contributed by atoms with E-state index in [2.05, 4.69) is 0 Å². The van der Waals surface area contributed by atoms with E-state index in [4.69, 9.17) is 11.6 Å². The van der Waals surface area contributed by atoms with Crippen LogP contribution in [0, 0.1) is 0 Å². The van der Waals surface area contributed by atoms with E-state index in [1.54, 1.807) is 45.2 Å². The summed E-state index contributed by atoms with van der Waals surface area (Å²) in [5.41, 5.74) is 0.382. The van der Waals surface area contributed by atoms with Crippen molar-refractivity contribution in [2.45, 2.75) is 19.9 Å². The Hall–Kier alpha value is -1.07. The van der Waals surface area contributed by atoms with Gasteiger partial charge in [0.25, 0.3) is 5.91 Å². The van der Waals surface area contributed by atoms with E-state index in [1.165, 1.54) is 4.90 Å². The van der Waals surface area contributed by atoms with Gasteiger partial charge in [0.1, 0.15) is 0 Å². The van der Waals surface area contributed by atoms with Crippen molar-refractivity contribution in [2.24, 2.45) is 0 Å². The summed E-state index contributed by atoms with van der Waals surface area (Å²) in [4.78, 5) is 13.6. The first-order chi connectivity index (χ1) is 8.78. The molecule has 0 heterocycles. The fourth-order valence-electron chi connectivity index (χ4n) is 1.62. The average molecular weight is 304 g/mol. The Morgan fingerprint density at radius 1 is 1.37 bits per heavy atom. The molecule has 1 amide bonds. The highest BCUT2D eigenvalue weighted by Crippen LogP contribution is 2.17. The second kappa shape index (κ2) is 6.39. The van der Waals surface area contributed by atoms with Crippen LogP contribution in [0.5, 0.6) is 0 Å². The zero-order valence-electron chi connectivity index (χ0n) is 11.3. The fourth-order valence-corrected chi connectivity index (χ4v) is 3.03. The number of carbonyl (C=O) groups excluding carboxylic acids is 1. The molecule has 0 radical (unpaired) electrons. The first kappa shape index (κ1) is 16.0. The van der Waals surface area contributed by atoms with Gasteiger partial charge in [-0.25, -0.2) is 8.42 Å². The molecule has 4 nitrogen and oxygen atoms in total. The number of halogens is 1. The minimum absolute atomic E-state index is 0.0454. The molecule has 0 aliphatic carbocycles. The molecule has 0 aliphatic rings. The lowest BCUT2D eigenvalue weighted by Gasteiger charge is -2.25. The maximum absolute atomic E-state index is 12.2. The highest BCUT2D eigenvalue weighted by molar-refractivity contribution is 7.91. The van der Waals surface area contributed by atoms with Gasteiger partial charge in [-0.3, -0.25) is 4.79 Å². The number of rotatable bonds is 5. The van der Waals surface area contributed by atoms with Crippen LogP contribution >= 0.6 is 11.6 Å². The van der Waals surface area contributed by atoms with Crippen LogP contribution in [0.15, 0.2) is 24.3 Å². The minimum atomic E-state index is -3.12. The van der Waals surface area contributed by atoms with Crippen molar-refractivity contribution in [1.82, 2.24) is 4.90 Å². The average Bonchev–Trinajstić information content (AvgIpc) is 2.37. The summed E-state index contributed by atoms with van der Waals surface area (Å²) in [6.07, 6.45) is 0. The van der Waals surface area contributed by atoms with E-state index in [-0.39, 0.29) is 17.4 Å². The van der Waals surface area contributed by atoms with Gasteiger partial charge in [0.05, 0.1) is 16.3 Å². The summed E-state index contributed by atoms with van der Waals surface area (Å²) in [5, 5.41) is 0.366. The van der Waals surface area contributed by atoms with E-state index in [9.17, 15) is 13.2 Å². The molecule has 0 aromatic heterocycles. The molecule has 1 aromatic rings. The van der Waals surface area contributed by atoms with Crippen LogP contribution in [0.1, 0.15) is 24.2 Å². The molecule has 1 aromatic carbocycles. The van der Waals surface area contributed by atoms with Gasteiger partial charge in [0.2, 0.25) is 0 Å². The minimum Gasteiger partial charge on any atom is -0.338 e. The van der Waals surface area contributed by atoms with Crippen molar-refractivity contribution < 1.29 is 13.2 Å². The number of hydrogen-bond acceptors (Lipinski definition) is 3. The maximum Gasteiger partial charge on any atom is 0.255 e. The molecular formula is C13H18ClNO3S. The molecule has 0 aliphatic heterocycles. The van der Waals surface area contributed by atoms with Gasteiger partial charge < -0.3 is 4.90 Å². The Morgan fingerprint density at radius 3 is 2.47 bits per heavy atom. The molecule has 0 bridgehead atoms. The predicted octanol–water partition coefficient (Wildman–Crippen LogP) is 2.24. The van der Waals surface area contributed by atoms with Crippen LogP contribution in [-0.4, -0.2) is 43.8 Å². The Bertz CT molecular complexity index is 557. The molecule has 6 heteroatoms. The van der Waals surface area contributed by atoms with Crippen LogP contribution in [0.2, 0.25) is 5.02 Å². The molecule has 0 unspecified atom stereocenters. The molecule has 1 rings (SSSR count). The Balaban J connectivity index is 2.86. The fraction of sp³-hybridized carbons (Fsp3) is 0.462. The Labute approximate surface area is 119 Å². The van der Waals surface area contributed by atoms with E-state index in [1.807, 2.05) is 0 Å². The van der Waals surface area contributed by atoms with Gasteiger partial charge in [-0.05, 0) is 19.1 Å². The lowest BCUT2D eigenvalue weighted by molar-refractivity contribution is 0.0757. The topological polar surface area (TPSA) is 54.5 Å². The normalized spacial score (nSPS) is 13.1. The monoisotopic (exact) mass is 303 g/mol. The van der Waals surface area contributed by atoms with Crippen LogP contribution in [0.3, 0.4) is 0 Å². The number of nitrogens with zero attached hydrogens (tertiary/aromatic N) is 1. The molecule has 0 saturated heterocycles. The van der Waals surface area contributed by atoms with Gasteiger partial charge in [0, 0.05) is 18.8 Å². The van der Waals surface area contributed by atoms with Gasteiger partial charge in [-0.2, -0.15) is 0 Å². The molecule has 1 atom stereocenters. The zero-order valence-corrected chi connectivity index (χ0v) is 12.8. The number of benzene rings is 1. The van der Waals surface area contributed by atoms with Crippen molar-refractivity contribution in [3.05, 3.63) is 34.9 Å². The molecular weight excluding hydrogens is 286 g/mol. The van der Waals surface area contributed by atoms with E-state index < -0.39 is 15.9 Å². The summed E-state index contributed by atoms with van der Waals surface area (Å²) >= 11 is 5.96. The summed E-state index contributed by atoms with van der Waals surface area (Å²) in [5.74, 6) is -0.244. The van der Waals surface area contributed by atoms with Gasteiger partial charge >= 0.3 is 0 Å². The number of sulfone groups is 1. The molecule has 0 fully saturated rings. The van der Waals surface area contributed by atoms with Gasteiger partial charge in [0.15, 0.2) is 9.84 Å². The molecule has 0 spiro atoms. The van der Waals surface area contributed by atoms with Crippen molar-refractivity contribution in [3.8, 4) is 0 Å². The van der Waals surface area contributed by atoms with Crippen molar-refractivity contribution in [1.29, 1.82) is 0 Å². The highest BCUT2D eigenvalue weighted by Gasteiger charge is 2.23. The Morgan fingerprint density at radius 2 is 1.95 bits per heavy atom. The van der Waals surface area contributed by atoms with Gasteiger partial charge in [-0.15, -0.1) is 0 Å². The lowest BCUT2D eigenvalue weighted by Crippen LogP contribution is -2.39. The number of carbonyl (C=O) groups is 1. The summed E-state index contributed by atoms with van der Waals surface area (Å²) in [6.45, 7) is 3.31. The van der Waals surface area contributed by atoms with Crippen molar-refractivity contribution in [3.63, 3.8) is 0 Å². The van der Waals surface area contributed by atoms with E-state index >= 15 is 0 Å². The second-order valence-electron chi connectivity index (χ2n) is 4.44. The maximum atomic E-state index is 12.2. The smallest absolute Gasteiger partial charge is 0.255 e. The summed E-state index contributed by atoms with van der Waals surface area (Å²) in [6, 6.07) is 6.33. The Kier molecular flexibility index (Phi) is 5.38. The van der Waals surface area contributed by atoms with Crippen LogP contribution in [-0.2, 0) is 9.84 Å². The summed E-state index contributed by atoms with van der Waals surface area (Å²) in [7, 11) is -1.53. The third-order valence-corrected chi connectivity index (χ3v) is 5.22. The van der Waals surface area contributed by atoms with Crippen molar-refractivity contribution >= 4 is 27.3 Å². The van der Waals surface area contributed by atoms with Crippen LogP contribution < -0.4 is 0 Å². The molecule has 0 saturated carbocycles. The SMILES string of the molecule is CCS(=O)(=O)C[C@H](C)N(C)C(=O)c1ccccc1Cl. The van der Waals surface area contributed by atoms with Crippen molar-refractivity contribution in [2.75, 3.05) is 18.6 Å². The number of hydrogen-bond donors (Lipinski definition) is 0. The largest absolute Gasteiger partial charge is 0.338 e. The van der Waals surface area contributed by atoms with E-state index in [0.717, 1.165) is 0 Å². The first-order valence-electron chi connectivity index (χ1n) is 6.00. The van der Waals surface area contributed by atoms with Crippen LogP contribution in [0.25, 0.3) is 0 Å².